The number of ether oxygens (including phenoxy) is 1. The van der Waals surface area contributed by atoms with Crippen LogP contribution >= 0.6 is 11.8 Å². The van der Waals surface area contributed by atoms with Gasteiger partial charge in [-0.05, 0) is 56.4 Å². The Bertz CT molecular complexity index is 665. The maximum atomic E-state index is 12.8. The van der Waals surface area contributed by atoms with Crippen molar-refractivity contribution in [3.63, 3.8) is 0 Å². The quantitative estimate of drug-likeness (QED) is 0.536. The van der Waals surface area contributed by atoms with E-state index in [1.54, 1.807) is 23.9 Å². The molecule has 1 aromatic heterocycles. The molecule has 4 rings (SSSR count). The summed E-state index contributed by atoms with van der Waals surface area (Å²) in [7, 11) is 0. The van der Waals surface area contributed by atoms with Crippen LogP contribution < -0.4 is 4.74 Å². The van der Waals surface area contributed by atoms with Crippen molar-refractivity contribution < 1.29 is 9.13 Å². The fourth-order valence-corrected chi connectivity index (χ4v) is 3.55. The molecular weight excluding hydrogens is 313 g/mol. The van der Waals surface area contributed by atoms with Crippen LogP contribution in [0.3, 0.4) is 0 Å². The molecule has 0 unspecified atom stereocenters. The van der Waals surface area contributed by atoms with Crippen molar-refractivity contribution in [1.29, 1.82) is 0 Å². The van der Waals surface area contributed by atoms with Gasteiger partial charge >= 0.3 is 0 Å². The zero-order valence-corrected chi connectivity index (χ0v) is 13.8. The Balaban J connectivity index is 1.26. The van der Waals surface area contributed by atoms with E-state index in [-0.39, 0.29) is 5.82 Å². The summed E-state index contributed by atoms with van der Waals surface area (Å²) in [6, 6.07) is 6.80. The standard InChI is InChI=1S/C17H20FN3OS/c18-13-4-8-15(9-5-13)22-10-1-11-23-17-20-19-16(12-2-3-12)21(17)14-6-7-14/h4-5,8-9,12,14H,1-3,6-7,10-11H2. The SMILES string of the molecule is Fc1ccc(OCCCSc2nnc(C3CC3)n2C2CC2)cc1. The van der Waals surface area contributed by atoms with Gasteiger partial charge in [0.05, 0.1) is 6.61 Å². The molecule has 0 saturated heterocycles. The smallest absolute Gasteiger partial charge is 0.191 e. The monoisotopic (exact) mass is 333 g/mol. The van der Waals surface area contributed by atoms with Gasteiger partial charge in [-0.1, -0.05) is 11.8 Å². The van der Waals surface area contributed by atoms with Crippen LogP contribution in [0.25, 0.3) is 0 Å². The number of benzene rings is 1. The molecule has 0 atom stereocenters. The van der Waals surface area contributed by atoms with Gasteiger partial charge in [0.2, 0.25) is 0 Å². The Morgan fingerprint density at radius 2 is 1.91 bits per heavy atom. The van der Waals surface area contributed by atoms with Gasteiger partial charge in [-0.25, -0.2) is 4.39 Å². The second kappa shape index (κ2) is 6.51. The zero-order chi connectivity index (χ0) is 15.6. The molecule has 2 saturated carbocycles. The van der Waals surface area contributed by atoms with Crippen LogP contribution in [0.4, 0.5) is 4.39 Å². The maximum Gasteiger partial charge on any atom is 0.191 e. The van der Waals surface area contributed by atoms with Crippen LogP contribution in [-0.4, -0.2) is 27.1 Å². The molecule has 122 valence electrons. The fraction of sp³-hybridized carbons (Fsp3) is 0.529. The zero-order valence-electron chi connectivity index (χ0n) is 12.9. The van der Waals surface area contributed by atoms with Gasteiger partial charge in [0, 0.05) is 17.7 Å². The van der Waals surface area contributed by atoms with Crippen molar-refractivity contribution in [3.8, 4) is 5.75 Å². The lowest BCUT2D eigenvalue weighted by Crippen LogP contribution is -2.03. The summed E-state index contributed by atoms with van der Waals surface area (Å²) >= 11 is 1.77. The summed E-state index contributed by atoms with van der Waals surface area (Å²) in [6.07, 6.45) is 5.98. The van der Waals surface area contributed by atoms with Gasteiger partial charge in [-0.15, -0.1) is 10.2 Å². The molecule has 1 heterocycles. The van der Waals surface area contributed by atoms with E-state index in [0.717, 1.165) is 17.3 Å². The molecule has 0 N–H and O–H groups in total. The highest BCUT2D eigenvalue weighted by atomic mass is 32.2. The van der Waals surface area contributed by atoms with Gasteiger partial charge in [0.1, 0.15) is 17.4 Å². The highest BCUT2D eigenvalue weighted by Crippen LogP contribution is 2.46. The van der Waals surface area contributed by atoms with Crippen molar-refractivity contribution in [3.05, 3.63) is 35.9 Å². The van der Waals surface area contributed by atoms with Crippen LogP contribution in [-0.2, 0) is 0 Å². The molecule has 23 heavy (non-hydrogen) atoms. The summed E-state index contributed by atoms with van der Waals surface area (Å²) in [6.45, 7) is 0.631. The van der Waals surface area contributed by atoms with Crippen molar-refractivity contribution in [2.24, 2.45) is 0 Å². The minimum absolute atomic E-state index is 0.237. The largest absolute Gasteiger partial charge is 0.494 e. The van der Waals surface area contributed by atoms with E-state index in [4.69, 9.17) is 4.74 Å². The van der Waals surface area contributed by atoms with E-state index in [2.05, 4.69) is 14.8 Å². The Morgan fingerprint density at radius 3 is 2.61 bits per heavy atom. The van der Waals surface area contributed by atoms with Crippen molar-refractivity contribution >= 4 is 11.8 Å². The highest BCUT2D eigenvalue weighted by Gasteiger charge is 2.36. The van der Waals surface area contributed by atoms with Crippen LogP contribution in [0.5, 0.6) is 5.75 Å². The lowest BCUT2D eigenvalue weighted by atomic mass is 10.3. The normalized spacial score (nSPS) is 17.4. The molecule has 2 aliphatic rings. The van der Waals surface area contributed by atoms with E-state index in [9.17, 15) is 4.39 Å². The molecule has 0 aliphatic heterocycles. The number of thioether (sulfide) groups is 1. The number of halogens is 1. The molecule has 0 amide bonds. The summed E-state index contributed by atoms with van der Waals surface area (Å²) in [5, 5.41) is 9.88. The minimum atomic E-state index is -0.237. The number of nitrogens with zero attached hydrogens (tertiary/aromatic N) is 3. The maximum absolute atomic E-state index is 12.8. The summed E-state index contributed by atoms with van der Waals surface area (Å²) in [5.41, 5.74) is 0. The Kier molecular flexibility index (Phi) is 4.25. The molecule has 2 aliphatic carbocycles. The molecule has 4 nitrogen and oxygen atoms in total. The van der Waals surface area contributed by atoms with E-state index in [1.165, 1.54) is 43.6 Å². The first-order valence-corrected chi connectivity index (χ1v) is 9.26. The predicted octanol–water partition coefficient (Wildman–Crippen LogP) is 4.19. The molecule has 1 aromatic carbocycles. The van der Waals surface area contributed by atoms with Crippen molar-refractivity contribution in [1.82, 2.24) is 14.8 Å². The Hall–Kier alpha value is -1.56. The number of aromatic nitrogens is 3. The first-order valence-electron chi connectivity index (χ1n) is 8.27. The molecular formula is C17H20FN3OS. The molecule has 0 bridgehead atoms. The fourth-order valence-electron chi connectivity index (χ4n) is 2.63. The highest BCUT2D eigenvalue weighted by molar-refractivity contribution is 7.99. The van der Waals surface area contributed by atoms with Gasteiger partial charge in [0.25, 0.3) is 0 Å². The lowest BCUT2D eigenvalue weighted by Gasteiger charge is -2.08. The van der Waals surface area contributed by atoms with Crippen LogP contribution in [0.1, 0.15) is 49.9 Å². The average molecular weight is 333 g/mol. The molecule has 0 radical (unpaired) electrons. The third kappa shape index (κ3) is 3.68. The van der Waals surface area contributed by atoms with Gasteiger partial charge in [-0.2, -0.15) is 0 Å². The van der Waals surface area contributed by atoms with Gasteiger partial charge in [-0.3, -0.25) is 0 Å². The summed E-state index contributed by atoms with van der Waals surface area (Å²) < 4.78 is 20.8. The van der Waals surface area contributed by atoms with Crippen molar-refractivity contribution in [2.75, 3.05) is 12.4 Å². The van der Waals surface area contributed by atoms with Gasteiger partial charge in [0.15, 0.2) is 5.16 Å². The second-order valence-electron chi connectivity index (χ2n) is 6.22. The first-order chi connectivity index (χ1) is 11.3. The first kappa shape index (κ1) is 15.0. The average Bonchev–Trinajstić information content (AvgIpc) is 3.48. The molecule has 2 aromatic rings. The Morgan fingerprint density at radius 1 is 1.13 bits per heavy atom. The van der Waals surface area contributed by atoms with E-state index >= 15 is 0 Å². The van der Waals surface area contributed by atoms with Gasteiger partial charge < -0.3 is 9.30 Å². The van der Waals surface area contributed by atoms with E-state index in [1.807, 2.05) is 0 Å². The third-order valence-corrected chi connectivity index (χ3v) is 5.18. The minimum Gasteiger partial charge on any atom is -0.494 e. The second-order valence-corrected chi connectivity index (χ2v) is 7.28. The number of hydrogen-bond donors (Lipinski definition) is 0. The Labute approximate surface area is 139 Å². The van der Waals surface area contributed by atoms with Crippen LogP contribution in [0.2, 0.25) is 0 Å². The lowest BCUT2D eigenvalue weighted by molar-refractivity contribution is 0.318. The molecule has 6 heteroatoms. The summed E-state index contributed by atoms with van der Waals surface area (Å²) in [4.78, 5) is 0. The molecule has 2 fully saturated rings. The number of hydrogen-bond acceptors (Lipinski definition) is 4. The van der Waals surface area contributed by atoms with E-state index in [0.29, 0.717) is 24.3 Å². The topological polar surface area (TPSA) is 39.9 Å². The number of rotatable bonds is 8. The van der Waals surface area contributed by atoms with E-state index < -0.39 is 0 Å². The molecule has 0 spiro atoms. The predicted molar refractivity (Wildman–Crippen MR) is 87.5 cm³/mol. The summed E-state index contributed by atoms with van der Waals surface area (Å²) in [5.74, 6) is 3.29. The third-order valence-electron chi connectivity index (χ3n) is 4.15. The van der Waals surface area contributed by atoms with Crippen LogP contribution in [0.15, 0.2) is 29.4 Å². The van der Waals surface area contributed by atoms with Crippen LogP contribution in [0, 0.1) is 5.82 Å². The van der Waals surface area contributed by atoms with Crippen molar-refractivity contribution in [2.45, 2.75) is 49.2 Å².